The standard InChI is InChI=1S/C18H17F3N2O2/c1-12-5-7-13(8-6-12)10-16(24)22-11-14-3-2-4-15(9-14)23-17(25)18(19,20)21/h2-9H,10-11H2,1H3,(H,22,24)(H,23,25). The third-order valence-electron chi connectivity index (χ3n) is 3.42. The predicted molar refractivity (Wildman–Crippen MR) is 87.9 cm³/mol. The number of carbonyl (C=O) groups is 2. The highest BCUT2D eigenvalue weighted by atomic mass is 19.4. The first-order valence-corrected chi connectivity index (χ1v) is 7.53. The van der Waals surface area contributed by atoms with Crippen LogP contribution >= 0.6 is 0 Å². The molecule has 0 aliphatic rings. The number of nitrogens with one attached hydrogen (secondary N) is 2. The van der Waals surface area contributed by atoms with Gasteiger partial charge in [0.25, 0.3) is 0 Å². The highest BCUT2D eigenvalue weighted by Crippen LogP contribution is 2.19. The maximum absolute atomic E-state index is 12.3. The van der Waals surface area contributed by atoms with Crippen molar-refractivity contribution in [3.63, 3.8) is 0 Å². The average Bonchev–Trinajstić information content (AvgIpc) is 2.55. The fraction of sp³-hybridized carbons (Fsp3) is 0.222. The van der Waals surface area contributed by atoms with Gasteiger partial charge >= 0.3 is 12.1 Å². The van der Waals surface area contributed by atoms with E-state index >= 15 is 0 Å². The van der Waals surface area contributed by atoms with E-state index in [2.05, 4.69) is 5.32 Å². The van der Waals surface area contributed by atoms with Crippen molar-refractivity contribution in [1.29, 1.82) is 0 Å². The van der Waals surface area contributed by atoms with Gasteiger partial charge in [-0.05, 0) is 30.2 Å². The van der Waals surface area contributed by atoms with E-state index in [-0.39, 0.29) is 24.6 Å². The summed E-state index contributed by atoms with van der Waals surface area (Å²) in [4.78, 5) is 22.9. The van der Waals surface area contributed by atoms with Crippen LogP contribution in [-0.2, 0) is 22.6 Å². The molecule has 0 radical (unpaired) electrons. The number of carbonyl (C=O) groups excluding carboxylic acids is 2. The van der Waals surface area contributed by atoms with E-state index in [4.69, 9.17) is 0 Å². The van der Waals surface area contributed by atoms with Crippen molar-refractivity contribution in [1.82, 2.24) is 5.32 Å². The van der Waals surface area contributed by atoms with Crippen LogP contribution in [0.4, 0.5) is 18.9 Å². The number of alkyl halides is 3. The van der Waals surface area contributed by atoms with Crippen molar-refractivity contribution in [3.8, 4) is 0 Å². The Balaban J connectivity index is 1.90. The maximum atomic E-state index is 12.3. The van der Waals surface area contributed by atoms with E-state index in [0.717, 1.165) is 11.1 Å². The largest absolute Gasteiger partial charge is 0.471 e. The number of hydrogen-bond acceptors (Lipinski definition) is 2. The highest BCUT2D eigenvalue weighted by molar-refractivity contribution is 5.94. The van der Waals surface area contributed by atoms with E-state index in [9.17, 15) is 22.8 Å². The van der Waals surface area contributed by atoms with Crippen molar-refractivity contribution in [2.75, 3.05) is 5.32 Å². The van der Waals surface area contributed by atoms with Crippen LogP contribution in [0.15, 0.2) is 48.5 Å². The zero-order valence-electron chi connectivity index (χ0n) is 13.5. The number of benzene rings is 2. The molecule has 2 aromatic rings. The summed E-state index contributed by atoms with van der Waals surface area (Å²) in [6.07, 6.45) is -4.73. The lowest BCUT2D eigenvalue weighted by Gasteiger charge is -2.10. The van der Waals surface area contributed by atoms with E-state index in [1.807, 2.05) is 31.2 Å². The summed E-state index contributed by atoms with van der Waals surface area (Å²) < 4.78 is 36.8. The Hall–Kier alpha value is -2.83. The Morgan fingerprint density at radius 3 is 2.32 bits per heavy atom. The van der Waals surface area contributed by atoms with Gasteiger partial charge in [-0.25, -0.2) is 0 Å². The molecular weight excluding hydrogens is 333 g/mol. The number of hydrogen-bond donors (Lipinski definition) is 2. The molecule has 0 atom stereocenters. The summed E-state index contributed by atoms with van der Waals surface area (Å²) in [6.45, 7) is 2.11. The quantitative estimate of drug-likeness (QED) is 0.869. The zero-order valence-corrected chi connectivity index (χ0v) is 13.5. The normalized spacial score (nSPS) is 11.0. The molecule has 0 aliphatic heterocycles. The monoisotopic (exact) mass is 350 g/mol. The lowest BCUT2D eigenvalue weighted by molar-refractivity contribution is -0.167. The minimum Gasteiger partial charge on any atom is -0.352 e. The summed E-state index contributed by atoms with van der Waals surface area (Å²) in [7, 11) is 0. The van der Waals surface area contributed by atoms with Crippen molar-refractivity contribution < 1.29 is 22.8 Å². The second-order valence-electron chi connectivity index (χ2n) is 5.59. The zero-order chi connectivity index (χ0) is 18.4. The summed E-state index contributed by atoms with van der Waals surface area (Å²) in [5.74, 6) is -2.23. The van der Waals surface area contributed by atoms with Crippen molar-refractivity contribution in [2.24, 2.45) is 0 Å². The first-order chi connectivity index (χ1) is 11.7. The molecule has 0 aliphatic carbocycles. The topological polar surface area (TPSA) is 58.2 Å². The van der Waals surface area contributed by atoms with E-state index < -0.39 is 12.1 Å². The van der Waals surface area contributed by atoms with Crippen LogP contribution in [0.5, 0.6) is 0 Å². The van der Waals surface area contributed by atoms with Gasteiger partial charge in [0.1, 0.15) is 0 Å². The SMILES string of the molecule is Cc1ccc(CC(=O)NCc2cccc(NC(=O)C(F)(F)F)c2)cc1. The van der Waals surface area contributed by atoms with Crippen LogP contribution in [0.3, 0.4) is 0 Å². The van der Waals surface area contributed by atoms with Gasteiger partial charge in [0, 0.05) is 12.2 Å². The summed E-state index contributed by atoms with van der Waals surface area (Å²) in [6, 6.07) is 13.4. The van der Waals surface area contributed by atoms with Crippen LogP contribution in [0.25, 0.3) is 0 Å². The number of anilines is 1. The molecule has 25 heavy (non-hydrogen) atoms. The molecule has 4 nitrogen and oxygen atoms in total. The Morgan fingerprint density at radius 2 is 1.68 bits per heavy atom. The second-order valence-corrected chi connectivity index (χ2v) is 5.59. The van der Waals surface area contributed by atoms with Crippen molar-refractivity contribution in [3.05, 3.63) is 65.2 Å². The molecule has 2 N–H and O–H groups in total. The molecule has 2 aromatic carbocycles. The van der Waals surface area contributed by atoms with Gasteiger partial charge in [0.05, 0.1) is 6.42 Å². The fourth-order valence-electron chi connectivity index (χ4n) is 2.12. The third-order valence-corrected chi connectivity index (χ3v) is 3.42. The molecule has 7 heteroatoms. The molecule has 2 rings (SSSR count). The highest BCUT2D eigenvalue weighted by Gasteiger charge is 2.38. The van der Waals surface area contributed by atoms with Gasteiger partial charge in [-0.3, -0.25) is 9.59 Å². The van der Waals surface area contributed by atoms with Gasteiger partial charge in [-0.1, -0.05) is 42.0 Å². The van der Waals surface area contributed by atoms with E-state index in [1.165, 1.54) is 18.2 Å². The minimum atomic E-state index is -4.95. The van der Waals surface area contributed by atoms with Crippen LogP contribution in [-0.4, -0.2) is 18.0 Å². The molecule has 2 amide bonds. The third kappa shape index (κ3) is 5.95. The summed E-state index contributed by atoms with van der Waals surface area (Å²) in [5.41, 5.74) is 2.57. The smallest absolute Gasteiger partial charge is 0.352 e. The van der Waals surface area contributed by atoms with Gasteiger partial charge < -0.3 is 10.6 Å². The summed E-state index contributed by atoms with van der Waals surface area (Å²) >= 11 is 0. The van der Waals surface area contributed by atoms with Crippen molar-refractivity contribution in [2.45, 2.75) is 26.1 Å². The van der Waals surface area contributed by atoms with Crippen LogP contribution in [0.2, 0.25) is 0 Å². The number of amides is 2. The average molecular weight is 350 g/mol. The first kappa shape index (κ1) is 18.5. The lowest BCUT2D eigenvalue weighted by Crippen LogP contribution is -2.30. The maximum Gasteiger partial charge on any atom is 0.471 e. The molecule has 0 aromatic heterocycles. The Labute approximate surface area is 143 Å². The summed E-state index contributed by atoms with van der Waals surface area (Å²) in [5, 5.41) is 4.48. The second kappa shape index (κ2) is 7.83. The molecule has 0 saturated carbocycles. The molecule has 0 unspecified atom stereocenters. The van der Waals surface area contributed by atoms with Crippen LogP contribution in [0.1, 0.15) is 16.7 Å². The Kier molecular flexibility index (Phi) is 5.80. The minimum absolute atomic E-state index is 0.0209. The lowest BCUT2D eigenvalue weighted by atomic mass is 10.1. The number of rotatable bonds is 5. The van der Waals surface area contributed by atoms with Gasteiger partial charge in [-0.2, -0.15) is 13.2 Å². The molecule has 0 saturated heterocycles. The molecule has 0 heterocycles. The predicted octanol–water partition coefficient (Wildman–Crippen LogP) is 3.35. The molecule has 0 spiro atoms. The number of halogens is 3. The molecule has 132 valence electrons. The number of aryl methyl sites for hydroxylation is 1. The van der Waals surface area contributed by atoms with Gasteiger partial charge in [0.2, 0.25) is 5.91 Å². The Morgan fingerprint density at radius 1 is 1.00 bits per heavy atom. The molecule has 0 bridgehead atoms. The van der Waals surface area contributed by atoms with Gasteiger partial charge in [0.15, 0.2) is 0 Å². The van der Waals surface area contributed by atoms with Crippen LogP contribution in [0, 0.1) is 6.92 Å². The first-order valence-electron chi connectivity index (χ1n) is 7.53. The van der Waals surface area contributed by atoms with Crippen molar-refractivity contribution >= 4 is 17.5 Å². The fourth-order valence-corrected chi connectivity index (χ4v) is 2.12. The van der Waals surface area contributed by atoms with E-state index in [1.54, 1.807) is 11.4 Å². The molecular formula is C18H17F3N2O2. The Bertz CT molecular complexity index is 756. The van der Waals surface area contributed by atoms with E-state index in [0.29, 0.717) is 5.56 Å². The van der Waals surface area contributed by atoms with Crippen LogP contribution < -0.4 is 10.6 Å². The molecule has 0 fully saturated rings. The van der Waals surface area contributed by atoms with Gasteiger partial charge in [-0.15, -0.1) is 0 Å².